The van der Waals surface area contributed by atoms with Gasteiger partial charge in [0.1, 0.15) is 11.8 Å². The molecule has 5 nitrogen and oxygen atoms in total. The van der Waals surface area contributed by atoms with Crippen LogP contribution in [0.15, 0.2) is 24.5 Å². The average molecular weight is 259 g/mol. The van der Waals surface area contributed by atoms with Gasteiger partial charge < -0.3 is 15.0 Å². The molecule has 2 N–H and O–H groups in total. The van der Waals surface area contributed by atoms with Gasteiger partial charge >= 0.3 is 5.97 Å². The first-order valence-corrected chi connectivity index (χ1v) is 6.54. The van der Waals surface area contributed by atoms with E-state index in [1.165, 1.54) is 17.9 Å². The molecule has 0 amide bonds. The van der Waals surface area contributed by atoms with Crippen LogP contribution in [-0.4, -0.2) is 34.6 Å². The topological polar surface area (TPSA) is 67.0 Å². The molecule has 5 heteroatoms. The van der Waals surface area contributed by atoms with Crippen molar-refractivity contribution in [2.24, 2.45) is 0 Å². The Bertz CT molecular complexity index is 593. The van der Waals surface area contributed by atoms with Crippen LogP contribution in [0.2, 0.25) is 0 Å². The van der Waals surface area contributed by atoms with Gasteiger partial charge in [0.2, 0.25) is 0 Å². The van der Waals surface area contributed by atoms with Crippen molar-refractivity contribution in [2.75, 3.05) is 6.54 Å². The number of esters is 1. The van der Waals surface area contributed by atoms with Gasteiger partial charge in [-0.05, 0) is 24.1 Å². The molecule has 0 radical (unpaired) electrons. The van der Waals surface area contributed by atoms with Crippen LogP contribution in [0.3, 0.4) is 0 Å². The number of carbonyl (C=O) groups is 1. The minimum atomic E-state index is -0.205. The molecular formula is C14H17N3O2. The van der Waals surface area contributed by atoms with Crippen molar-refractivity contribution in [3.05, 3.63) is 30.1 Å². The zero-order valence-corrected chi connectivity index (χ0v) is 10.8. The Hall–Kier alpha value is -1.88. The average Bonchev–Trinajstić information content (AvgIpc) is 2.97. The summed E-state index contributed by atoms with van der Waals surface area (Å²) in [6.45, 7) is 2.20. The third-order valence-corrected chi connectivity index (χ3v) is 3.52. The SMILES string of the molecule is CC(=O)OC1CNC(Cc2c[nH]c3ncccc23)C1. The molecule has 0 spiro atoms. The summed E-state index contributed by atoms with van der Waals surface area (Å²) in [6.07, 6.45) is 5.59. The summed E-state index contributed by atoms with van der Waals surface area (Å²) >= 11 is 0. The summed E-state index contributed by atoms with van der Waals surface area (Å²) in [4.78, 5) is 18.4. The van der Waals surface area contributed by atoms with Crippen LogP contribution in [0, 0.1) is 0 Å². The maximum Gasteiger partial charge on any atom is 0.302 e. The standard InChI is InChI=1S/C14H17N3O2/c1-9(18)19-12-6-11(16-8-12)5-10-7-17-14-13(10)3-2-4-15-14/h2-4,7,11-12,16H,5-6,8H2,1H3,(H,15,17). The molecule has 1 fully saturated rings. The lowest BCUT2D eigenvalue weighted by atomic mass is 10.0. The molecule has 0 saturated carbocycles. The second kappa shape index (κ2) is 5.01. The van der Waals surface area contributed by atoms with Crippen LogP contribution in [0.25, 0.3) is 11.0 Å². The molecule has 2 atom stereocenters. The van der Waals surface area contributed by atoms with Crippen molar-refractivity contribution in [3.8, 4) is 0 Å². The fraction of sp³-hybridized carbons (Fsp3) is 0.429. The molecule has 0 aromatic carbocycles. The van der Waals surface area contributed by atoms with E-state index in [-0.39, 0.29) is 12.1 Å². The van der Waals surface area contributed by atoms with E-state index in [2.05, 4.69) is 21.4 Å². The Morgan fingerprint density at radius 2 is 2.47 bits per heavy atom. The highest BCUT2D eigenvalue weighted by Crippen LogP contribution is 2.21. The lowest BCUT2D eigenvalue weighted by Crippen LogP contribution is -2.23. The molecule has 100 valence electrons. The number of carbonyl (C=O) groups excluding carboxylic acids is 1. The van der Waals surface area contributed by atoms with Crippen LogP contribution in [0.1, 0.15) is 18.9 Å². The van der Waals surface area contributed by atoms with E-state index in [1.54, 1.807) is 6.20 Å². The van der Waals surface area contributed by atoms with Crippen molar-refractivity contribution in [2.45, 2.75) is 31.9 Å². The van der Waals surface area contributed by atoms with E-state index in [0.717, 1.165) is 25.0 Å². The maximum absolute atomic E-state index is 10.9. The second-order valence-corrected chi connectivity index (χ2v) is 4.99. The number of aromatic nitrogens is 2. The van der Waals surface area contributed by atoms with Gasteiger partial charge in [0, 0.05) is 43.7 Å². The molecule has 2 aromatic rings. The minimum absolute atomic E-state index is 0.00540. The van der Waals surface area contributed by atoms with E-state index in [4.69, 9.17) is 4.74 Å². The van der Waals surface area contributed by atoms with E-state index < -0.39 is 0 Å². The maximum atomic E-state index is 10.9. The fourth-order valence-corrected chi connectivity index (χ4v) is 2.71. The third kappa shape index (κ3) is 2.61. The van der Waals surface area contributed by atoms with Crippen LogP contribution >= 0.6 is 0 Å². The molecule has 2 unspecified atom stereocenters. The van der Waals surface area contributed by atoms with Crippen molar-refractivity contribution in [1.29, 1.82) is 0 Å². The van der Waals surface area contributed by atoms with Gasteiger partial charge in [-0.15, -0.1) is 0 Å². The number of hydrogen-bond acceptors (Lipinski definition) is 4. The summed E-state index contributed by atoms with van der Waals surface area (Å²) in [5.41, 5.74) is 2.18. The predicted octanol–water partition coefficient (Wildman–Crippen LogP) is 1.40. The molecule has 3 rings (SSSR count). The van der Waals surface area contributed by atoms with Gasteiger partial charge in [-0.1, -0.05) is 0 Å². The van der Waals surface area contributed by atoms with Crippen LogP contribution in [0.4, 0.5) is 0 Å². The van der Waals surface area contributed by atoms with Crippen LogP contribution in [-0.2, 0) is 16.0 Å². The zero-order chi connectivity index (χ0) is 13.2. The number of nitrogens with one attached hydrogen (secondary N) is 2. The Morgan fingerprint density at radius 3 is 3.32 bits per heavy atom. The van der Waals surface area contributed by atoms with Gasteiger partial charge in [0.15, 0.2) is 0 Å². The van der Waals surface area contributed by atoms with Crippen molar-refractivity contribution in [1.82, 2.24) is 15.3 Å². The molecule has 1 aliphatic rings. The van der Waals surface area contributed by atoms with Crippen LogP contribution in [0.5, 0.6) is 0 Å². The number of hydrogen-bond donors (Lipinski definition) is 2. The monoisotopic (exact) mass is 259 g/mol. The number of rotatable bonds is 3. The van der Waals surface area contributed by atoms with Crippen LogP contribution < -0.4 is 5.32 Å². The van der Waals surface area contributed by atoms with Crippen molar-refractivity contribution >= 4 is 17.0 Å². The summed E-state index contributed by atoms with van der Waals surface area (Å²) in [7, 11) is 0. The van der Waals surface area contributed by atoms with Gasteiger partial charge in [0.05, 0.1) is 0 Å². The first kappa shape index (κ1) is 12.2. The number of pyridine rings is 1. The highest BCUT2D eigenvalue weighted by atomic mass is 16.5. The Balaban J connectivity index is 1.68. The Morgan fingerprint density at radius 1 is 1.58 bits per heavy atom. The second-order valence-electron chi connectivity index (χ2n) is 4.99. The first-order valence-electron chi connectivity index (χ1n) is 6.54. The van der Waals surface area contributed by atoms with E-state index in [9.17, 15) is 4.79 Å². The van der Waals surface area contributed by atoms with E-state index in [0.29, 0.717) is 6.04 Å². The lowest BCUT2D eigenvalue weighted by molar-refractivity contribution is -0.145. The molecule has 19 heavy (non-hydrogen) atoms. The molecule has 2 aromatic heterocycles. The highest BCUT2D eigenvalue weighted by Gasteiger charge is 2.26. The lowest BCUT2D eigenvalue weighted by Gasteiger charge is -2.10. The number of ether oxygens (including phenoxy) is 1. The summed E-state index contributed by atoms with van der Waals surface area (Å²) in [5, 5.41) is 4.57. The van der Waals surface area contributed by atoms with E-state index in [1.807, 2.05) is 12.3 Å². The number of nitrogens with zero attached hydrogens (tertiary/aromatic N) is 1. The molecule has 1 aliphatic heterocycles. The van der Waals surface area contributed by atoms with Crippen molar-refractivity contribution in [3.63, 3.8) is 0 Å². The number of H-pyrrole nitrogens is 1. The smallest absolute Gasteiger partial charge is 0.302 e. The molecule has 3 heterocycles. The molecule has 0 aliphatic carbocycles. The summed E-state index contributed by atoms with van der Waals surface area (Å²) in [6, 6.07) is 4.37. The van der Waals surface area contributed by atoms with Crippen molar-refractivity contribution < 1.29 is 9.53 Å². The van der Waals surface area contributed by atoms with Gasteiger partial charge in [-0.25, -0.2) is 4.98 Å². The molecule has 1 saturated heterocycles. The Labute approximate surface area is 111 Å². The fourth-order valence-electron chi connectivity index (χ4n) is 2.71. The Kier molecular flexibility index (Phi) is 3.21. The third-order valence-electron chi connectivity index (χ3n) is 3.52. The minimum Gasteiger partial charge on any atom is -0.461 e. The summed E-state index contributed by atoms with van der Waals surface area (Å²) < 4.78 is 5.23. The van der Waals surface area contributed by atoms with Gasteiger partial charge in [-0.2, -0.15) is 0 Å². The predicted molar refractivity (Wildman–Crippen MR) is 71.8 cm³/mol. The quantitative estimate of drug-likeness (QED) is 0.818. The van der Waals surface area contributed by atoms with Gasteiger partial charge in [0.25, 0.3) is 0 Å². The number of aromatic amines is 1. The number of fused-ring (bicyclic) bond motifs is 1. The summed E-state index contributed by atoms with van der Waals surface area (Å²) in [5.74, 6) is -0.205. The molecular weight excluding hydrogens is 242 g/mol. The zero-order valence-electron chi connectivity index (χ0n) is 10.8. The van der Waals surface area contributed by atoms with Gasteiger partial charge in [-0.3, -0.25) is 4.79 Å². The van der Waals surface area contributed by atoms with E-state index >= 15 is 0 Å². The normalized spacial score (nSPS) is 22.8. The highest BCUT2D eigenvalue weighted by molar-refractivity contribution is 5.79. The largest absolute Gasteiger partial charge is 0.461 e. The molecule has 0 bridgehead atoms. The first-order chi connectivity index (χ1) is 9.22.